The first-order valence-electron chi connectivity index (χ1n) is 7.72. The number of nitrogens with zero attached hydrogens (tertiary/aromatic N) is 2. The number of ether oxygens (including phenoxy) is 2. The van der Waals surface area contributed by atoms with Crippen molar-refractivity contribution in [2.45, 2.75) is 19.8 Å². The van der Waals surface area contributed by atoms with E-state index in [0.29, 0.717) is 19.8 Å². The van der Waals surface area contributed by atoms with E-state index in [4.69, 9.17) is 9.47 Å². The maximum atomic E-state index is 5.81. The third kappa shape index (κ3) is 4.15. The third-order valence-corrected chi connectivity index (χ3v) is 4.72. The Labute approximate surface area is 155 Å². The zero-order chi connectivity index (χ0) is 16.8. The average molecular weight is 434 g/mol. The van der Waals surface area contributed by atoms with Crippen LogP contribution in [0.1, 0.15) is 16.8 Å². The van der Waals surface area contributed by atoms with Crippen LogP contribution in [0.3, 0.4) is 0 Å². The van der Waals surface area contributed by atoms with Gasteiger partial charge in [0.2, 0.25) is 5.88 Å². The van der Waals surface area contributed by atoms with Crippen LogP contribution in [0.5, 0.6) is 5.88 Å². The molecule has 0 spiro atoms. The first-order chi connectivity index (χ1) is 11.8. The van der Waals surface area contributed by atoms with Crippen molar-refractivity contribution in [3.63, 3.8) is 0 Å². The molecule has 3 aromatic rings. The molecule has 0 saturated carbocycles. The molecule has 0 radical (unpaired) electrons. The van der Waals surface area contributed by atoms with Gasteiger partial charge in [-0.1, -0.05) is 60.7 Å². The van der Waals surface area contributed by atoms with Crippen LogP contribution in [-0.2, 0) is 24.5 Å². The van der Waals surface area contributed by atoms with Crippen molar-refractivity contribution >= 4 is 22.6 Å². The molecule has 1 aromatic heterocycles. The van der Waals surface area contributed by atoms with Gasteiger partial charge >= 0.3 is 0 Å². The maximum absolute atomic E-state index is 5.81. The number of halogens is 1. The standard InChI is InChI=1S/C19H19IN2O2/c1-23-19-18(20)17(14-24-13-16-10-6-3-7-11-16)21-22(19)12-15-8-4-2-5-9-15/h2-11H,12-14H2,1H3. The van der Waals surface area contributed by atoms with E-state index in [0.717, 1.165) is 20.7 Å². The molecule has 124 valence electrons. The number of aromatic nitrogens is 2. The van der Waals surface area contributed by atoms with Gasteiger partial charge in [-0.25, -0.2) is 4.68 Å². The lowest BCUT2D eigenvalue weighted by molar-refractivity contribution is 0.104. The van der Waals surface area contributed by atoms with Crippen LogP contribution in [0.25, 0.3) is 0 Å². The quantitative estimate of drug-likeness (QED) is 0.522. The molecule has 24 heavy (non-hydrogen) atoms. The van der Waals surface area contributed by atoms with Gasteiger partial charge in [-0.2, -0.15) is 5.10 Å². The Bertz CT molecular complexity index is 773. The lowest BCUT2D eigenvalue weighted by Crippen LogP contribution is -2.05. The highest BCUT2D eigenvalue weighted by atomic mass is 127. The molecule has 4 nitrogen and oxygen atoms in total. The van der Waals surface area contributed by atoms with Crippen LogP contribution < -0.4 is 4.74 Å². The molecule has 5 heteroatoms. The predicted molar refractivity (Wildman–Crippen MR) is 102 cm³/mol. The van der Waals surface area contributed by atoms with Gasteiger partial charge in [-0.15, -0.1) is 0 Å². The molecular formula is C19H19IN2O2. The van der Waals surface area contributed by atoms with E-state index in [1.165, 1.54) is 5.56 Å². The number of hydrogen-bond donors (Lipinski definition) is 0. The number of rotatable bonds is 7. The Morgan fingerprint density at radius 3 is 2.17 bits per heavy atom. The van der Waals surface area contributed by atoms with Crippen molar-refractivity contribution in [3.05, 3.63) is 81.1 Å². The van der Waals surface area contributed by atoms with Crippen molar-refractivity contribution in [2.75, 3.05) is 7.11 Å². The maximum Gasteiger partial charge on any atom is 0.226 e. The summed E-state index contributed by atoms with van der Waals surface area (Å²) in [7, 11) is 1.68. The smallest absolute Gasteiger partial charge is 0.226 e. The summed E-state index contributed by atoms with van der Waals surface area (Å²) < 4.78 is 14.2. The van der Waals surface area contributed by atoms with Gasteiger partial charge in [0.05, 0.1) is 26.9 Å². The average Bonchev–Trinajstić information content (AvgIpc) is 2.91. The normalized spacial score (nSPS) is 10.8. The summed E-state index contributed by atoms with van der Waals surface area (Å²) in [5.41, 5.74) is 3.24. The van der Waals surface area contributed by atoms with Crippen LogP contribution in [0.15, 0.2) is 60.7 Å². The lowest BCUT2D eigenvalue weighted by atomic mass is 10.2. The van der Waals surface area contributed by atoms with Gasteiger partial charge in [0.25, 0.3) is 0 Å². The summed E-state index contributed by atoms with van der Waals surface area (Å²) in [6.45, 7) is 1.72. The van der Waals surface area contributed by atoms with Crippen LogP contribution in [-0.4, -0.2) is 16.9 Å². The van der Waals surface area contributed by atoms with Crippen LogP contribution in [0.4, 0.5) is 0 Å². The molecule has 0 saturated heterocycles. The van der Waals surface area contributed by atoms with Crippen molar-refractivity contribution in [3.8, 4) is 5.88 Å². The highest BCUT2D eigenvalue weighted by molar-refractivity contribution is 14.1. The van der Waals surface area contributed by atoms with E-state index in [2.05, 4.69) is 52.0 Å². The minimum atomic E-state index is 0.464. The molecule has 0 aliphatic rings. The molecule has 0 amide bonds. The Morgan fingerprint density at radius 1 is 0.917 bits per heavy atom. The summed E-state index contributed by atoms with van der Waals surface area (Å²) in [6.07, 6.45) is 0. The van der Waals surface area contributed by atoms with E-state index < -0.39 is 0 Å². The molecule has 0 unspecified atom stereocenters. The van der Waals surface area contributed by atoms with Crippen LogP contribution >= 0.6 is 22.6 Å². The minimum absolute atomic E-state index is 0.464. The zero-order valence-corrected chi connectivity index (χ0v) is 15.6. The summed E-state index contributed by atoms with van der Waals surface area (Å²) in [4.78, 5) is 0. The van der Waals surface area contributed by atoms with Gasteiger partial charge in [0, 0.05) is 0 Å². The van der Waals surface area contributed by atoms with E-state index in [9.17, 15) is 0 Å². The van der Waals surface area contributed by atoms with Crippen molar-refractivity contribution in [1.82, 2.24) is 9.78 Å². The minimum Gasteiger partial charge on any atom is -0.480 e. The second-order valence-electron chi connectivity index (χ2n) is 5.39. The predicted octanol–water partition coefficient (Wildman–Crippen LogP) is 4.26. The first-order valence-corrected chi connectivity index (χ1v) is 8.80. The van der Waals surface area contributed by atoms with Crippen LogP contribution in [0, 0.1) is 3.57 Å². The number of benzene rings is 2. The van der Waals surface area contributed by atoms with E-state index in [1.807, 2.05) is 41.1 Å². The van der Waals surface area contributed by atoms with Gasteiger partial charge in [0.15, 0.2) is 0 Å². The monoisotopic (exact) mass is 434 g/mol. The van der Waals surface area contributed by atoms with E-state index in [-0.39, 0.29) is 0 Å². The summed E-state index contributed by atoms with van der Waals surface area (Å²) >= 11 is 2.27. The summed E-state index contributed by atoms with van der Waals surface area (Å²) in [5.74, 6) is 0.776. The molecular weight excluding hydrogens is 415 g/mol. The second-order valence-corrected chi connectivity index (χ2v) is 6.47. The van der Waals surface area contributed by atoms with Crippen molar-refractivity contribution in [1.29, 1.82) is 0 Å². The number of methoxy groups -OCH3 is 1. The van der Waals surface area contributed by atoms with Crippen molar-refractivity contribution in [2.24, 2.45) is 0 Å². The molecule has 2 aromatic carbocycles. The molecule has 3 rings (SSSR count). The van der Waals surface area contributed by atoms with Gasteiger partial charge in [-0.3, -0.25) is 0 Å². The van der Waals surface area contributed by atoms with E-state index in [1.54, 1.807) is 7.11 Å². The zero-order valence-electron chi connectivity index (χ0n) is 13.5. The molecule has 0 bridgehead atoms. The molecule has 0 aliphatic heterocycles. The summed E-state index contributed by atoms with van der Waals surface area (Å²) in [6, 6.07) is 20.4. The largest absolute Gasteiger partial charge is 0.480 e. The Hall–Kier alpha value is -1.86. The Balaban J connectivity index is 1.69. The van der Waals surface area contributed by atoms with Crippen molar-refractivity contribution < 1.29 is 9.47 Å². The van der Waals surface area contributed by atoms with Gasteiger partial charge in [-0.05, 0) is 33.7 Å². The van der Waals surface area contributed by atoms with Gasteiger partial charge in [0.1, 0.15) is 9.26 Å². The van der Waals surface area contributed by atoms with Gasteiger partial charge < -0.3 is 9.47 Å². The summed E-state index contributed by atoms with van der Waals surface area (Å²) in [5, 5.41) is 4.67. The van der Waals surface area contributed by atoms with Crippen LogP contribution in [0.2, 0.25) is 0 Å². The highest BCUT2D eigenvalue weighted by Gasteiger charge is 2.16. The van der Waals surface area contributed by atoms with E-state index >= 15 is 0 Å². The fraction of sp³-hybridized carbons (Fsp3) is 0.211. The molecule has 0 N–H and O–H groups in total. The molecule has 0 atom stereocenters. The fourth-order valence-electron chi connectivity index (χ4n) is 2.46. The number of hydrogen-bond acceptors (Lipinski definition) is 3. The Morgan fingerprint density at radius 2 is 1.54 bits per heavy atom. The molecule has 0 fully saturated rings. The lowest BCUT2D eigenvalue weighted by Gasteiger charge is -2.06. The molecule has 0 aliphatic carbocycles. The topological polar surface area (TPSA) is 36.3 Å². The first kappa shape index (κ1) is 17.0. The fourth-order valence-corrected chi connectivity index (χ4v) is 3.22. The third-order valence-electron chi connectivity index (χ3n) is 3.64. The highest BCUT2D eigenvalue weighted by Crippen LogP contribution is 2.26. The molecule has 1 heterocycles. The second kappa shape index (κ2) is 8.30. The SMILES string of the molecule is COc1c(I)c(COCc2ccccc2)nn1Cc1ccccc1. The Kier molecular flexibility index (Phi) is 5.87.